The Morgan fingerprint density at radius 3 is 2.42 bits per heavy atom. The van der Waals surface area contributed by atoms with Gasteiger partial charge in [0.05, 0.1) is 37.4 Å². The third kappa shape index (κ3) is 5.60. The summed E-state index contributed by atoms with van der Waals surface area (Å²) in [7, 11) is -3.42. The second-order valence-corrected chi connectivity index (χ2v) is 16.8. The van der Waals surface area contributed by atoms with Crippen molar-refractivity contribution in [1.29, 1.82) is 0 Å². The predicted octanol–water partition coefficient (Wildman–Crippen LogP) is 5.63. The lowest BCUT2D eigenvalue weighted by Crippen LogP contribution is -2.45. The van der Waals surface area contributed by atoms with Gasteiger partial charge in [0.15, 0.2) is 5.60 Å². The number of fused-ring (bicyclic) bond motifs is 2. The van der Waals surface area contributed by atoms with E-state index in [1.54, 1.807) is 47.2 Å². The van der Waals surface area contributed by atoms with Gasteiger partial charge in [0, 0.05) is 34.8 Å². The molecule has 2 saturated heterocycles. The van der Waals surface area contributed by atoms with Gasteiger partial charge in [-0.1, -0.05) is 55.5 Å². The van der Waals surface area contributed by atoms with Gasteiger partial charge in [0.2, 0.25) is 14.3 Å². The molecule has 3 heterocycles. The average molecular weight is 630 g/mol. The number of para-hydroxylation sites is 1. The molecule has 0 saturated carbocycles. The van der Waals surface area contributed by atoms with Gasteiger partial charge in [0.25, 0.3) is 11.8 Å². The van der Waals surface area contributed by atoms with Crippen LogP contribution in [0.5, 0.6) is 0 Å². The van der Waals surface area contributed by atoms with Crippen molar-refractivity contribution >= 4 is 37.5 Å². The lowest BCUT2D eigenvalue weighted by atomic mass is 9.82. The molecule has 2 N–H and O–H groups in total. The molecule has 8 nitrogen and oxygen atoms in total. The molecule has 5 atom stereocenters. The number of rotatable bonds is 8. The normalized spacial score (nSPS) is 26.0. The zero-order valence-electron chi connectivity index (χ0n) is 25.9. The van der Waals surface area contributed by atoms with Gasteiger partial charge in [0.1, 0.15) is 0 Å². The maximum atomic E-state index is 16.1. The van der Waals surface area contributed by atoms with Crippen LogP contribution < -0.4 is 10.2 Å². The Labute approximate surface area is 264 Å². The van der Waals surface area contributed by atoms with Crippen LogP contribution in [0.1, 0.15) is 47.7 Å². The molecule has 0 bridgehead atoms. The summed E-state index contributed by atoms with van der Waals surface area (Å²) in [4.78, 5) is 44.0. The van der Waals surface area contributed by atoms with E-state index < -0.39 is 31.6 Å². The van der Waals surface area contributed by atoms with E-state index in [4.69, 9.17) is 4.74 Å². The van der Waals surface area contributed by atoms with Crippen LogP contribution >= 0.6 is 0 Å². The van der Waals surface area contributed by atoms with Crippen molar-refractivity contribution in [2.75, 3.05) is 23.4 Å². The van der Waals surface area contributed by atoms with Crippen molar-refractivity contribution in [1.82, 2.24) is 4.90 Å². The minimum Gasteiger partial charge on any atom is -0.394 e. The second-order valence-electron chi connectivity index (χ2n) is 13.0. The van der Waals surface area contributed by atoms with E-state index in [-0.39, 0.29) is 43.3 Å². The molecule has 0 aromatic heterocycles. The van der Waals surface area contributed by atoms with Crippen LogP contribution in [0.3, 0.4) is 0 Å². The number of ether oxygens (including phenoxy) is 1. The Kier molecular flexibility index (Phi) is 8.40. The number of anilines is 2. The number of carbonyl (C=O) groups is 3. The number of aliphatic hydroxyl groups excluding tert-OH is 1. The van der Waals surface area contributed by atoms with Crippen molar-refractivity contribution in [2.45, 2.75) is 69.1 Å². The van der Waals surface area contributed by atoms with Gasteiger partial charge < -0.3 is 29.1 Å². The van der Waals surface area contributed by atoms with Crippen LogP contribution in [-0.2, 0) is 26.5 Å². The van der Waals surface area contributed by atoms with Crippen molar-refractivity contribution < 1.29 is 28.3 Å². The fourth-order valence-corrected chi connectivity index (χ4v) is 10.2. The predicted molar refractivity (Wildman–Crippen MR) is 173 cm³/mol. The molecule has 45 heavy (non-hydrogen) atoms. The van der Waals surface area contributed by atoms with E-state index in [0.717, 1.165) is 18.4 Å². The molecule has 3 aliphatic rings. The lowest BCUT2D eigenvalue weighted by Gasteiger charge is -2.31. The molecule has 3 amide bonds. The zero-order chi connectivity index (χ0) is 31.9. The number of benzene rings is 3. The van der Waals surface area contributed by atoms with Gasteiger partial charge in [-0.2, -0.15) is 0 Å². The van der Waals surface area contributed by atoms with Gasteiger partial charge in [-0.05, 0) is 61.8 Å². The van der Waals surface area contributed by atoms with Gasteiger partial charge in [-0.3, -0.25) is 14.4 Å². The Hall–Kier alpha value is -3.86. The van der Waals surface area contributed by atoms with Gasteiger partial charge in [-0.15, -0.1) is 0 Å². The van der Waals surface area contributed by atoms with Crippen LogP contribution in [0.4, 0.5) is 15.5 Å². The number of nitrogens with one attached hydrogen (secondary N) is 1. The highest BCUT2D eigenvalue weighted by Crippen LogP contribution is 2.60. The van der Waals surface area contributed by atoms with E-state index in [1.165, 1.54) is 0 Å². The van der Waals surface area contributed by atoms with Crippen molar-refractivity contribution in [3.05, 3.63) is 95.6 Å². The third-order valence-corrected chi connectivity index (χ3v) is 12.2. The third-order valence-electron chi connectivity index (χ3n) is 9.74. The van der Waals surface area contributed by atoms with Crippen molar-refractivity contribution in [3.8, 4) is 0 Å². The first-order valence-electron chi connectivity index (χ1n) is 15.7. The summed E-state index contributed by atoms with van der Waals surface area (Å²) in [5, 5.41) is 12.7. The molecule has 0 radical (unpaired) electrons. The number of nitrogens with zero attached hydrogens (tertiary/aromatic N) is 2. The van der Waals surface area contributed by atoms with Gasteiger partial charge in [-0.25, -0.2) is 0 Å². The Bertz CT molecular complexity index is 1580. The first-order valence-corrected chi connectivity index (χ1v) is 18.6. The average Bonchev–Trinajstić information content (AvgIpc) is 3.69. The fourth-order valence-electron chi connectivity index (χ4n) is 7.67. The van der Waals surface area contributed by atoms with Crippen LogP contribution in [-0.4, -0.2) is 61.4 Å². The summed E-state index contributed by atoms with van der Waals surface area (Å²) in [6, 6.07) is 23.6. The molecule has 3 aromatic carbocycles. The number of halogens is 1. The molecule has 0 unspecified atom stereocenters. The van der Waals surface area contributed by atoms with E-state index in [9.17, 15) is 19.5 Å². The van der Waals surface area contributed by atoms with Crippen molar-refractivity contribution in [2.24, 2.45) is 5.92 Å². The second kappa shape index (κ2) is 12.1. The number of aliphatic hydroxyl groups is 1. The number of amides is 3. The molecule has 6 rings (SSSR count). The minimum absolute atomic E-state index is 0.0286. The SMILES string of the molecule is C[C@H]1[C@H]([Si](C)(C)F)[C@@H](CC(=O)N2CCC[C@H]2CO)O[C@]12C(=O)N(Cc1ccc(NC(=O)c3ccccc3)cc1)c1ccccc12. The maximum Gasteiger partial charge on any atom is 0.264 e. The standard InChI is InChI=1S/C35H40FN3O5Si/c1-23-32(45(2,3)36)30(20-31(41)38-19-9-12-27(38)22-40)44-35(23)28-13-7-8-14-29(28)39(34(35)43)21-24-15-17-26(18-16-24)37-33(42)25-10-5-4-6-11-25/h4-8,10-11,13-18,23,27,30,32,40H,9,12,19-22H2,1-3H3,(H,37,42)/t23-,27-,30+,32-,35+/m0/s1. The first-order chi connectivity index (χ1) is 21.5. The first kappa shape index (κ1) is 31.1. The summed E-state index contributed by atoms with van der Waals surface area (Å²) in [5.41, 5.74) is 1.46. The molecular formula is C35H40FN3O5Si. The van der Waals surface area contributed by atoms with Crippen LogP contribution in [0.25, 0.3) is 0 Å². The quantitative estimate of drug-likeness (QED) is 0.249. The number of hydrogen-bond acceptors (Lipinski definition) is 5. The molecule has 236 valence electrons. The maximum absolute atomic E-state index is 16.1. The Balaban J connectivity index is 1.26. The summed E-state index contributed by atoms with van der Waals surface area (Å²) < 4.78 is 22.8. The van der Waals surface area contributed by atoms with E-state index in [2.05, 4.69) is 5.32 Å². The highest BCUT2D eigenvalue weighted by atomic mass is 28.4. The number of likely N-dealkylation sites (tertiary alicyclic amines) is 1. The Morgan fingerprint density at radius 2 is 1.73 bits per heavy atom. The van der Waals surface area contributed by atoms with E-state index in [0.29, 0.717) is 29.0 Å². The molecule has 1 spiro atoms. The van der Waals surface area contributed by atoms with Crippen LogP contribution in [0, 0.1) is 5.92 Å². The highest BCUT2D eigenvalue weighted by Gasteiger charge is 2.67. The molecule has 3 aliphatic heterocycles. The Morgan fingerprint density at radius 1 is 1.04 bits per heavy atom. The molecule has 10 heteroatoms. The largest absolute Gasteiger partial charge is 0.394 e. The molecule has 2 fully saturated rings. The fraction of sp³-hybridized carbons (Fsp3) is 0.400. The molecular weight excluding hydrogens is 589 g/mol. The summed E-state index contributed by atoms with van der Waals surface area (Å²) in [6.45, 7) is 5.85. The molecule has 0 aliphatic carbocycles. The van der Waals surface area contributed by atoms with Crippen molar-refractivity contribution in [3.63, 3.8) is 0 Å². The minimum atomic E-state index is -3.42. The summed E-state index contributed by atoms with van der Waals surface area (Å²) in [5.74, 6) is -1.13. The highest BCUT2D eigenvalue weighted by molar-refractivity contribution is 6.72. The summed E-state index contributed by atoms with van der Waals surface area (Å²) in [6.07, 6.45) is 0.765. The topological polar surface area (TPSA) is 99.2 Å². The number of carbonyl (C=O) groups excluding carboxylic acids is 3. The smallest absolute Gasteiger partial charge is 0.264 e. The zero-order valence-corrected chi connectivity index (χ0v) is 26.9. The monoisotopic (exact) mass is 629 g/mol. The van der Waals surface area contributed by atoms with Crippen LogP contribution in [0.2, 0.25) is 18.6 Å². The number of hydrogen-bond donors (Lipinski definition) is 2. The summed E-state index contributed by atoms with van der Waals surface area (Å²) >= 11 is 0. The van der Waals surface area contributed by atoms with Gasteiger partial charge >= 0.3 is 0 Å². The van der Waals surface area contributed by atoms with E-state index >= 15 is 4.11 Å². The molecule has 3 aromatic rings. The van der Waals surface area contributed by atoms with E-state index in [1.807, 2.05) is 61.5 Å². The van der Waals surface area contributed by atoms with Crippen LogP contribution in [0.15, 0.2) is 78.9 Å². The lowest BCUT2D eigenvalue weighted by molar-refractivity contribution is -0.150.